The Labute approximate surface area is 154 Å². The van der Waals surface area contributed by atoms with Gasteiger partial charge in [0.15, 0.2) is 0 Å². The molecule has 0 spiro atoms. The largest absolute Gasteiger partial charge is 0.328 e. The number of hydrogen-bond acceptors (Lipinski definition) is 3. The molecule has 2 aromatic rings. The van der Waals surface area contributed by atoms with Gasteiger partial charge in [-0.15, -0.1) is 0 Å². The topological polar surface area (TPSA) is 56.9 Å². The number of pyridine rings is 1. The van der Waals surface area contributed by atoms with Gasteiger partial charge in [0.1, 0.15) is 0 Å². The molecule has 1 saturated heterocycles. The zero-order chi connectivity index (χ0) is 16.9. The van der Waals surface area contributed by atoms with E-state index in [-0.39, 0.29) is 5.56 Å². The standard InChI is InChI=1S/C18H19BrClN3O/c19-17-6-16(20)4-3-14(17)2-1-12-5-15(18(24)23-10-12)11-22-9-13-7-21-8-13/h1-6,10,13,21-22H,7-9,11H2,(H,23,24). The minimum absolute atomic E-state index is 0.0425. The molecule has 1 aromatic heterocycles. The van der Waals surface area contributed by atoms with Crippen molar-refractivity contribution in [2.75, 3.05) is 19.6 Å². The van der Waals surface area contributed by atoms with E-state index in [1.807, 2.05) is 36.4 Å². The first kappa shape index (κ1) is 17.4. The summed E-state index contributed by atoms with van der Waals surface area (Å²) >= 11 is 9.45. The van der Waals surface area contributed by atoms with E-state index in [9.17, 15) is 4.79 Å². The average molecular weight is 409 g/mol. The van der Waals surface area contributed by atoms with Gasteiger partial charge in [0.25, 0.3) is 5.56 Å². The summed E-state index contributed by atoms with van der Waals surface area (Å²) in [7, 11) is 0. The highest BCUT2D eigenvalue weighted by atomic mass is 79.9. The van der Waals surface area contributed by atoms with E-state index in [2.05, 4.69) is 31.5 Å². The molecule has 0 aliphatic carbocycles. The first-order valence-electron chi connectivity index (χ1n) is 7.88. The summed E-state index contributed by atoms with van der Waals surface area (Å²) in [6.07, 6.45) is 5.69. The Balaban J connectivity index is 1.67. The Morgan fingerprint density at radius 1 is 1.29 bits per heavy atom. The zero-order valence-corrected chi connectivity index (χ0v) is 15.5. The van der Waals surface area contributed by atoms with Gasteiger partial charge >= 0.3 is 0 Å². The van der Waals surface area contributed by atoms with Gasteiger partial charge in [0.05, 0.1) is 0 Å². The predicted octanol–water partition coefficient (Wildman–Crippen LogP) is 3.27. The fourth-order valence-corrected chi connectivity index (χ4v) is 3.32. The lowest BCUT2D eigenvalue weighted by molar-refractivity contribution is 0.331. The summed E-state index contributed by atoms with van der Waals surface area (Å²) in [5.41, 5.74) is 2.69. The van der Waals surface area contributed by atoms with Gasteiger partial charge in [-0.1, -0.05) is 45.7 Å². The Morgan fingerprint density at radius 3 is 2.83 bits per heavy atom. The second-order valence-corrected chi connectivity index (χ2v) is 7.23. The molecule has 1 aliphatic rings. The molecule has 4 nitrogen and oxygen atoms in total. The highest BCUT2D eigenvalue weighted by Crippen LogP contribution is 2.23. The molecular formula is C18H19BrClN3O. The van der Waals surface area contributed by atoms with Crippen LogP contribution < -0.4 is 16.2 Å². The minimum Gasteiger partial charge on any atom is -0.328 e. The number of benzene rings is 1. The molecule has 0 unspecified atom stereocenters. The van der Waals surface area contributed by atoms with Crippen molar-refractivity contribution in [2.45, 2.75) is 6.54 Å². The van der Waals surface area contributed by atoms with Crippen molar-refractivity contribution in [1.82, 2.24) is 15.6 Å². The van der Waals surface area contributed by atoms with Crippen LogP contribution in [0.15, 0.2) is 39.7 Å². The monoisotopic (exact) mass is 407 g/mol. The van der Waals surface area contributed by atoms with Crippen LogP contribution in [0, 0.1) is 5.92 Å². The molecule has 0 amide bonds. The second-order valence-electron chi connectivity index (χ2n) is 5.94. The summed E-state index contributed by atoms with van der Waals surface area (Å²) in [6.45, 7) is 3.63. The molecule has 3 rings (SSSR count). The summed E-state index contributed by atoms with van der Waals surface area (Å²) in [6, 6.07) is 7.58. The quantitative estimate of drug-likeness (QED) is 0.687. The summed E-state index contributed by atoms with van der Waals surface area (Å²) in [4.78, 5) is 14.7. The Kier molecular flexibility index (Phi) is 5.89. The van der Waals surface area contributed by atoms with Gasteiger partial charge in [-0.3, -0.25) is 4.79 Å². The van der Waals surface area contributed by atoms with Crippen LogP contribution in [0.1, 0.15) is 16.7 Å². The molecule has 24 heavy (non-hydrogen) atoms. The van der Waals surface area contributed by atoms with E-state index in [0.29, 0.717) is 17.5 Å². The molecule has 126 valence electrons. The number of hydrogen-bond donors (Lipinski definition) is 3. The lowest BCUT2D eigenvalue weighted by Gasteiger charge is -2.27. The molecule has 2 heterocycles. The SMILES string of the molecule is O=c1[nH]cc(C=Cc2ccc(Cl)cc2Br)cc1CNCC1CNC1. The van der Waals surface area contributed by atoms with E-state index >= 15 is 0 Å². The normalized spacial score (nSPS) is 14.9. The molecule has 0 bridgehead atoms. The van der Waals surface area contributed by atoms with Crippen molar-refractivity contribution >= 4 is 39.7 Å². The summed E-state index contributed by atoms with van der Waals surface area (Å²) in [5.74, 6) is 0.675. The highest BCUT2D eigenvalue weighted by Gasteiger charge is 2.15. The molecule has 1 fully saturated rings. The van der Waals surface area contributed by atoms with Crippen molar-refractivity contribution in [2.24, 2.45) is 5.92 Å². The maximum Gasteiger partial charge on any atom is 0.252 e. The molecule has 0 saturated carbocycles. The number of halogens is 2. The molecule has 0 atom stereocenters. The van der Waals surface area contributed by atoms with Crippen LogP contribution in [0.4, 0.5) is 0 Å². The first-order chi connectivity index (χ1) is 11.6. The van der Waals surface area contributed by atoms with Gasteiger partial charge < -0.3 is 15.6 Å². The Morgan fingerprint density at radius 2 is 2.12 bits per heavy atom. The van der Waals surface area contributed by atoms with Crippen LogP contribution in [0.5, 0.6) is 0 Å². The molecule has 1 aromatic carbocycles. The molecule has 0 radical (unpaired) electrons. The number of aromatic nitrogens is 1. The van der Waals surface area contributed by atoms with Crippen LogP contribution >= 0.6 is 27.5 Å². The maximum atomic E-state index is 11.9. The molecule has 6 heteroatoms. The van der Waals surface area contributed by atoms with Crippen LogP contribution in [0.2, 0.25) is 5.02 Å². The number of H-pyrrole nitrogens is 1. The number of nitrogens with one attached hydrogen (secondary N) is 3. The van der Waals surface area contributed by atoms with E-state index < -0.39 is 0 Å². The van der Waals surface area contributed by atoms with E-state index in [4.69, 9.17) is 11.6 Å². The third-order valence-electron chi connectivity index (χ3n) is 4.03. The third-order valence-corrected chi connectivity index (χ3v) is 4.96. The van der Waals surface area contributed by atoms with Crippen molar-refractivity contribution < 1.29 is 0 Å². The smallest absolute Gasteiger partial charge is 0.252 e. The van der Waals surface area contributed by atoms with Crippen molar-refractivity contribution in [3.63, 3.8) is 0 Å². The van der Waals surface area contributed by atoms with Gasteiger partial charge in [-0.25, -0.2) is 0 Å². The van der Waals surface area contributed by atoms with Crippen molar-refractivity contribution in [1.29, 1.82) is 0 Å². The summed E-state index contributed by atoms with van der Waals surface area (Å²) in [5, 5.41) is 7.29. The van der Waals surface area contributed by atoms with Crippen LogP contribution in [-0.4, -0.2) is 24.6 Å². The third kappa shape index (κ3) is 4.57. The fourth-order valence-electron chi connectivity index (χ4n) is 2.50. The first-order valence-corrected chi connectivity index (χ1v) is 9.05. The predicted molar refractivity (Wildman–Crippen MR) is 103 cm³/mol. The van der Waals surface area contributed by atoms with Gasteiger partial charge in [0.2, 0.25) is 0 Å². The van der Waals surface area contributed by atoms with E-state index in [1.165, 1.54) is 0 Å². The number of aromatic amines is 1. The van der Waals surface area contributed by atoms with Crippen LogP contribution in [0.3, 0.4) is 0 Å². The van der Waals surface area contributed by atoms with E-state index in [0.717, 1.165) is 40.8 Å². The number of rotatable bonds is 6. The molecular weight excluding hydrogens is 390 g/mol. The molecule has 3 N–H and O–H groups in total. The lowest BCUT2D eigenvalue weighted by atomic mass is 10.0. The van der Waals surface area contributed by atoms with Gasteiger partial charge in [0, 0.05) is 47.4 Å². The van der Waals surface area contributed by atoms with Gasteiger partial charge in [-0.05, 0) is 35.2 Å². The van der Waals surface area contributed by atoms with Crippen molar-refractivity contribution in [3.05, 3.63) is 67.0 Å². The zero-order valence-electron chi connectivity index (χ0n) is 13.1. The summed E-state index contributed by atoms with van der Waals surface area (Å²) < 4.78 is 0.937. The Bertz CT molecular complexity index is 799. The van der Waals surface area contributed by atoms with Crippen LogP contribution in [0.25, 0.3) is 12.2 Å². The molecule has 1 aliphatic heterocycles. The average Bonchev–Trinajstić information content (AvgIpc) is 2.51. The Hall–Kier alpha value is -1.40. The minimum atomic E-state index is -0.0425. The van der Waals surface area contributed by atoms with Crippen molar-refractivity contribution in [3.8, 4) is 0 Å². The van der Waals surface area contributed by atoms with E-state index in [1.54, 1.807) is 6.20 Å². The second kappa shape index (κ2) is 8.12. The lowest BCUT2D eigenvalue weighted by Crippen LogP contribution is -2.47. The highest BCUT2D eigenvalue weighted by molar-refractivity contribution is 9.10. The van der Waals surface area contributed by atoms with Gasteiger partial charge in [-0.2, -0.15) is 0 Å². The van der Waals surface area contributed by atoms with Crippen LogP contribution in [-0.2, 0) is 6.54 Å². The maximum absolute atomic E-state index is 11.9. The fraction of sp³-hybridized carbons (Fsp3) is 0.278.